The number of amides is 2. The Hall–Kier alpha value is -2.87. The Morgan fingerprint density at radius 1 is 1.26 bits per heavy atom. The van der Waals surface area contributed by atoms with Gasteiger partial charge < -0.3 is 23.8 Å². The molecule has 1 aromatic rings. The lowest BCUT2D eigenvalue weighted by atomic mass is 10.00. The highest BCUT2D eigenvalue weighted by molar-refractivity contribution is 7.45. The van der Waals surface area contributed by atoms with E-state index in [1.54, 1.807) is 32.0 Å². The van der Waals surface area contributed by atoms with Crippen LogP contribution in [0.5, 0.6) is 5.75 Å². The lowest BCUT2D eigenvalue weighted by molar-refractivity contribution is -0.182. The van der Waals surface area contributed by atoms with Crippen LogP contribution >= 0.6 is 8.53 Å². The number of halogens is 5. The van der Waals surface area contributed by atoms with Gasteiger partial charge in [0, 0.05) is 7.05 Å². The number of allylic oxidation sites excluding steroid dienone is 1. The second-order valence-electron chi connectivity index (χ2n) is 8.18. The highest BCUT2D eigenvalue weighted by Crippen LogP contribution is 2.48. The van der Waals surface area contributed by atoms with Gasteiger partial charge in [-0.2, -0.15) is 0 Å². The minimum Gasteiger partial charge on any atom is -0.462 e. The number of nitrogens with zero attached hydrogens (tertiary/aromatic N) is 1. The zero-order chi connectivity index (χ0) is 28.5. The van der Waals surface area contributed by atoms with Crippen LogP contribution in [-0.2, 0) is 23.6 Å². The van der Waals surface area contributed by atoms with E-state index in [1.807, 2.05) is 5.32 Å². The molecular weight excluding hydrogens is 544 g/mol. The molecule has 0 bridgehead atoms. The van der Waals surface area contributed by atoms with Gasteiger partial charge in [-0.15, -0.1) is 0 Å². The first-order valence-corrected chi connectivity index (χ1v) is 12.3. The fourth-order valence-corrected chi connectivity index (χ4v) is 4.30. The minimum atomic E-state index is -4.12. The molecule has 0 saturated carbocycles. The molecule has 1 heterocycles. The van der Waals surface area contributed by atoms with E-state index in [9.17, 15) is 36.3 Å². The fourth-order valence-electron chi connectivity index (χ4n) is 3.18. The average Bonchev–Trinajstić information content (AvgIpc) is 3.15. The summed E-state index contributed by atoms with van der Waals surface area (Å²) in [5.41, 5.74) is -2.98. The lowest BCUT2D eigenvalue weighted by Gasteiger charge is -2.31. The largest absolute Gasteiger partial charge is 0.462 e. The summed E-state index contributed by atoms with van der Waals surface area (Å²) < 4.78 is 92.7. The van der Waals surface area contributed by atoms with Gasteiger partial charge in [-0.1, -0.05) is 18.2 Å². The Bertz CT molecular complexity index is 989. The van der Waals surface area contributed by atoms with E-state index in [0.29, 0.717) is 0 Å². The van der Waals surface area contributed by atoms with Crippen molar-refractivity contribution in [2.45, 2.75) is 50.5 Å². The lowest BCUT2D eigenvalue weighted by Crippen LogP contribution is -2.49. The van der Waals surface area contributed by atoms with E-state index in [0.717, 1.165) is 7.05 Å². The van der Waals surface area contributed by atoms with Gasteiger partial charge in [-0.25, -0.2) is 31.8 Å². The molecule has 16 heteroatoms. The molecule has 1 aromatic carbocycles. The molecule has 10 nitrogen and oxygen atoms in total. The Morgan fingerprint density at radius 3 is 2.47 bits per heavy atom. The van der Waals surface area contributed by atoms with Crippen LogP contribution in [-0.4, -0.2) is 73.7 Å². The Kier molecular flexibility index (Phi) is 11.4. The average molecular weight is 571 g/mol. The molecule has 3 unspecified atom stereocenters. The molecule has 2 rings (SSSR count). The van der Waals surface area contributed by atoms with E-state index < -0.39 is 76.2 Å². The molecule has 2 N–H and O–H groups in total. The number of carbonyl (C=O) groups is 3. The van der Waals surface area contributed by atoms with E-state index in [4.69, 9.17) is 18.5 Å². The second kappa shape index (κ2) is 13.8. The van der Waals surface area contributed by atoms with Crippen molar-refractivity contribution >= 4 is 26.8 Å². The van der Waals surface area contributed by atoms with Crippen LogP contribution in [0.25, 0.3) is 0 Å². The maximum Gasteiger partial charge on any atom is 0.323 e. The van der Waals surface area contributed by atoms with Crippen molar-refractivity contribution in [2.24, 2.45) is 0 Å². The number of esters is 1. The van der Waals surface area contributed by atoms with Gasteiger partial charge >= 0.3 is 20.5 Å². The highest BCUT2D eigenvalue weighted by Gasteiger charge is 2.64. The number of hydrogen-bond acceptors (Lipinski definition) is 8. The predicted octanol–water partition coefficient (Wildman–Crippen LogP) is 3.89. The number of carbonyl (C=O) groups excluding carboxylic acids is 3. The van der Waals surface area contributed by atoms with Gasteiger partial charge in [-0.3, -0.25) is 14.5 Å². The zero-order valence-electron chi connectivity index (χ0n) is 20.5. The first kappa shape index (κ1) is 31.3. The molecule has 0 aromatic heterocycles. The third-order valence-corrected chi connectivity index (χ3v) is 5.95. The molecule has 1 aliphatic rings. The molecule has 212 valence electrons. The zero-order valence-corrected chi connectivity index (χ0v) is 21.4. The van der Waals surface area contributed by atoms with Crippen molar-refractivity contribution in [1.82, 2.24) is 15.3 Å². The number of ether oxygens (including phenoxy) is 2. The van der Waals surface area contributed by atoms with Crippen LogP contribution < -0.4 is 14.9 Å². The van der Waals surface area contributed by atoms with Crippen LogP contribution in [0.3, 0.4) is 0 Å². The Balaban J connectivity index is 2.28. The van der Waals surface area contributed by atoms with E-state index in [-0.39, 0.29) is 23.1 Å². The predicted molar refractivity (Wildman–Crippen MR) is 124 cm³/mol. The maximum absolute atomic E-state index is 14.9. The number of para-hydroxylation sites is 1. The molecule has 38 heavy (non-hydrogen) atoms. The number of benzene rings is 1. The minimum absolute atomic E-state index is 0.0304. The number of rotatable bonds is 13. The Morgan fingerprint density at radius 2 is 1.92 bits per heavy atom. The van der Waals surface area contributed by atoms with E-state index in [2.05, 4.69) is 5.09 Å². The normalized spacial score (nSPS) is 21.7. The van der Waals surface area contributed by atoms with E-state index in [1.165, 1.54) is 12.1 Å². The first-order chi connectivity index (χ1) is 17.8. The third-order valence-electron chi connectivity index (χ3n) is 4.79. The standard InChI is InChI=1S/C22H27F5N3O7P/c1-14(2)35-17(32)9-29-38(37-16-7-5-4-6-8-16)34-13-21(18(24)25)12-22(26,27)19(36-21)30(20(33)28-3)10-15(23)11-31/h4-8,10-11,14,18-19,29H,9,12-13H2,1-3H3,(H,28,33)/b15-10+. The molecule has 0 radical (unpaired) electrons. The van der Waals surface area contributed by atoms with E-state index >= 15 is 0 Å². The quantitative estimate of drug-likeness (QED) is 0.121. The number of hydrogen-bond donors (Lipinski definition) is 2. The SMILES string of the molecule is CNC(=O)N(/C=C(/F)C=O)C1OC(COP(NCC(=O)OC(C)C)Oc2ccccc2)(C(F)F)CC1(F)F. The van der Waals surface area contributed by atoms with Crippen molar-refractivity contribution in [3.8, 4) is 5.75 Å². The monoisotopic (exact) mass is 571 g/mol. The molecule has 0 spiro atoms. The van der Waals surface area contributed by atoms with Crippen molar-refractivity contribution < 1.29 is 54.9 Å². The molecule has 1 aliphatic heterocycles. The Labute approximate surface area is 216 Å². The highest BCUT2D eigenvalue weighted by atomic mass is 31.2. The van der Waals surface area contributed by atoms with Crippen LogP contribution in [0.15, 0.2) is 42.4 Å². The van der Waals surface area contributed by atoms with Gasteiger partial charge in [0.25, 0.3) is 12.3 Å². The topological polar surface area (TPSA) is 115 Å². The second-order valence-corrected chi connectivity index (χ2v) is 9.45. The molecule has 1 fully saturated rings. The number of alkyl halides is 4. The van der Waals surface area contributed by atoms with Crippen LogP contribution in [0, 0.1) is 0 Å². The summed E-state index contributed by atoms with van der Waals surface area (Å²) in [6, 6.07) is 6.52. The maximum atomic E-state index is 14.9. The van der Waals surface area contributed by atoms with Crippen molar-refractivity contribution in [2.75, 3.05) is 20.2 Å². The summed E-state index contributed by atoms with van der Waals surface area (Å²) in [5, 5.41) is 4.50. The third kappa shape index (κ3) is 8.58. The van der Waals surface area contributed by atoms with Crippen LogP contribution in [0.1, 0.15) is 20.3 Å². The van der Waals surface area contributed by atoms with Gasteiger partial charge in [0.2, 0.25) is 6.23 Å². The smallest absolute Gasteiger partial charge is 0.323 e. The van der Waals surface area contributed by atoms with Gasteiger partial charge in [-0.05, 0) is 26.0 Å². The summed E-state index contributed by atoms with van der Waals surface area (Å²) in [5.74, 6) is -6.25. The fraction of sp³-hybridized carbons (Fsp3) is 0.500. The van der Waals surface area contributed by atoms with Gasteiger partial charge in [0.1, 0.15) is 12.3 Å². The van der Waals surface area contributed by atoms with Crippen molar-refractivity contribution in [3.05, 3.63) is 42.4 Å². The van der Waals surface area contributed by atoms with Crippen LogP contribution in [0.2, 0.25) is 0 Å². The summed E-state index contributed by atoms with van der Waals surface area (Å²) in [6.07, 6.45) is -8.60. The van der Waals surface area contributed by atoms with Crippen molar-refractivity contribution in [1.29, 1.82) is 0 Å². The number of nitrogens with one attached hydrogen (secondary N) is 2. The summed E-state index contributed by atoms with van der Waals surface area (Å²) in [7, 11) is -1.36. The summed E-state index contributed by atoms with van der Waals surface area (Å²) in [4.78, 5) is 34.6. The van der Waals surface area contributed by atoms with Crippen LogP contribution in [0.4, 0.5) is 26.7 Å². The molecule has 3 atom stereocenters. The first-order valence-electron chi connectivity index (χ1n) is 11.1. The number of urea groups is 1. The summed E-state index contributed by atoms with van der Waals surface area (Å²) >= 11 is 0. The molecule has 2 amide bonds. The summed E-state index contributed by atoms with van der Waals surface area (Å²) in [6.45, 7) is 1.58. The van der Waals surface area contributed by atoms with Gasteiger partial charge in [0.15, 0.2) is 17.7 Å². The molecular formula is C22H27F5N3O7P. The number of aldehydes is 1. The molecule has 0 aliphatic carbocycles. The van der Waals surface area contributed by atoms with Gasteiger partial charge in [0.05, 0.1) is 25.3 Å². The molecule has 1 saturated heterocycles. The van der Waals surface area contributed by atoms with Crippen molar-refractivity contribution in [3.63, 3.8) is 0 Å².